The second-order valence-corrected chi connectivity index (χ2v) is 15.1. The summed E-state index contributed by atoms with van der Waals surface area (Å²) in [6.45, 7) is 10.8. The Morgan fingerprint density at radius 1 is 0.706 bits per heavy atom. The summed E-state index contributed by atoms with van der Waals surface area (Å²) in [5, 5.41) is 21.7. The smallest absolute Gasteiger partial charge is 0.410 e. The molecule has 6 rings (SSSR count). The van der Waals surface area contributed by atoms with Crippen LogP contribution in [-0.2, 0) is 18.0 Å². The highest BCUT2D eigenvalue weighted by molar-refractivity contribution is 5.69. The number of carbonyl (C=O) groups excluding carboxylic acids is 1. The largest absolute Gasteiger partial charge is 0.489 e. The first-order valence-electron chi connectivity index (χ1n) is 18.4. The minimum Gasteiger partial charge on any atom is -0.489 e. The number of ether oxygens (including phenoxy) is 3. The average Bonchev–Trinajstić information content (AvgIpc) is 3.75. The summed E-state index contributed by atoms with van der Waals surface area (Å²) >= 11 is 0. The number of aliphatic hydroxyl groups excluding tert-OH is 2. The first-order chi connectivity index (χ1) is 24.5. The molecule has 1 saturated carbocycles. The molecule has 51 heavy (non-hydrogen) atoms. The van der Waals surface area contributed by atoms with Gasteiger partial charge in [0.15, 0.2) is 0 Å². The third-order valence-corrected chi connectivity index (χ3v) is 9.76. The Bertz CT molecular complexity index is 1660. The molecule has 7 nitrogen and oxygen atoms in total. The molecular formula is C44H55NO6. The first kappa shape index (κ1) is 37.9. The number of hydrogen-bond acceptors (Lipinski definition) is 6. The molecule has 0 bridgehead atoms. The van der Waals surface area contributed by atoms with Gasteiger partial charge in [0.1, 0.15) is 30.3 Å². The average molecular weight is 694 g/mol. The van der Waals surface area contributed by atoms with Crippen molar-refractivity contribution in [3.8, 4) is 11.5 Å². The number of carbonyl (C=O) groups is 1. The van der Waals surface area contributed by atoms with E-state index >= 15 is 0 Å². The molecule has 1 aliphatic heterocycles. The molecule has 0 aromatic heterocycles. The monoisotopic (exact) mass is 693 g/mol. The number of benzene rings is 4. The molecule has 2 aliphatic rings. The van der Waals surface area contributed by atoms with Crippen LogP contribution in [0.4, 0.5) is 4.79 Å². The lowest BCUT2D eigenvalue weighted by atomic mass is 9.93. The Morgan fingerprint density at radius 2 is 1.24 bits per heavy atom. The van der Waals surface area contributed by atoms with E-state index in [9.17, 15) is 15.0 Å². The van der Waals surface area contributed by atoms with Gasteiger partial charge in [-0.2, -0.15) is 0 Å². The van der Waals surface area contributed by atoms with E-state index in [-0.39, 0.29) is 24.3 Å². The number of amides is 1. The quantitative estimate of drug-likeness (QED) is 0.172. The van der Waals surface area contributed by atoms with E-state index in [1.807, 2.05) is 125 Å². The van der Waals surface area contributed by atoms with Crippen LogP contribution in [0.25, 0.3) is 0 Å². The summed E-state index contributed by atoms with van der Waals surface area (Å²) in [5.41, 5.74) is 3.38. The van der Waals surface area contributed by atoms with Gasteiger partial charge in [-0.15, -0.1) is 0 Å². The van der Waals surface area contributed by atoms with Gasteiger partial charge in [0, 0.05) is 6.04 Å². The molecule has 1 amide bonds. The van der Waals surface area contributed by atoms with Crippen molar-refractivity contribution < 1.29 is 29.2 Å². The van der Waals surface area contributed by atoms with Gasteiger partial charge in [0.25, 0.3) is 0 Å². The lowest BCUT2D eigenvalue weighted by Crippen LogP contribution is -2.45. The molecule has 0 spiro atoms. The fourth-order valence-corrected chi connectivity index (χ4v) is 7.05. The van der Waals surface area contributed by atoms with Gasteiger partial charge >= 0.3 is 6.09 Å². The number of rotatable bonds is 10. The van der Waals surface area contributed by atoms with Crippen LogP contribution in [0.5, 0.6) is 11.5 Å². The van der Waals surface area contributed by atoms with Crippen molar-refractivity contribution in [1.82, 2.24) is 4.90 Å². The summed E-state index contributed by atoms with van der Waals surface area (Å²) in [6.07, 6.45) is 3.50. The summed E-state index contributed by atoms with van der Waals surface area (Å²) in [4.78, 5) is 14.4. The van der Waals surface area contributed by atoms with Crippen LogP contribution in [0.3, 0.4) is 0 Å². The van der Waals surface area contributed by atoms with Crippen LogP contribution in [-0.4, -0.2) is 38.9 Å². The topological polar surface area (TPSA) is 88.5 Å². The fourth-order valence-electron chi connectivity index (χ4n) is 7.05. The molecule has 4 aromatic rings. The van der Waals surface area contributed by atoms with Gasteiger partial charge in [-0.1, -0.05) is 98.3 Å². The molecule has 272 valence electrons. The minimum absolute atomic E-state index is 0.0296. The summed E-state index contributed by atoms with van der Waals surface area (Å²) in [7, 11) is 0. The zero-order chi connectivity index (χ0) is 36.4. The van der Waals surface area contributed by atoms with Crippen molar-refractivity contribution in [2.45, 2.75) is 110 Å². The van der Waals surface area contributed by atoms with E-state index in [1.165, 1.54) is 6.42 Å². The first-order valence-corrected chi connectivity index (χ1v) is 18.4. The number of hydrogen-bond donors (Lipinski definition) is 2. The van der Waals surface area contributed by atoms with E-state index in [0.29, 0.717) is 24.9 Å². The van der Waals surface area contributed by atoms with Gasteiger partial charge in [-0.05, 0) is 112 Å². The highest BCUT2D eigenvalue weighted by Gasteiger charge is 2.41. The predicted octanol–water partition coefficient (Wildman–Crippen LogP) is 9.82. The molecule has 2 N–H and O–H groups in total. The normalized spacial score (nSPS) is 21.3. The van der Waals surface area contributed by atoms with Crippen molar-refractivity contribution in [3.05, 3.63) is 131 Å². The molecule has 0 unspecified atom stereocenters. The van der Waals surface area contributed by atoms with E-state index in [1.54, 1.807) is 4.90 Å². The van der Waals surface area contributed by atoms with Crippen molar-refractivity contribution in [2.75, 3.05) is 0 Å². The van der Waals surface area contributed by atoms with Gasteiger partial charge < -0.3 is 24.4 Å². The second-order valence-electron chi connectivity index (χ2n) is 15.1. The third kappa shape index (κ3) is 11.1. The van der Waals surface area contributed by atoms with Gasteiger partial charge in [-0.25, -0.2) is 4.79 Å². The predicted molar refractivity (Wildman–Crippen MR) is 201 cm³/mol. The maximum atomic E-state index is 12.7. The minimum atomic E-state index is -0.798. The van der Waals surface area contributed by atoms with Crippen LogP contribution in [0.1, 0.15) is 101 Å². The summed E-state index contributed by atoms with van der Waals surface area (Å²) in [5.74, 6) is 2.64. The van der Waals surface area contributed by atoms with E-state index in [4.69, 9.17) is 14.2 Å². The third-order valence-electron chi connectivity index (χ3n) is 9.76. The van der Waals surface area contributed by atoms with Crippen molar-refractivity contribution in [1.29, 1.82) is 0 Å². The van der Waals surface area contributed by atoms with Crippen LogP contribution in [0.2, 0.25) is 0 Å². The fraction of sp³-hybridized carbons (Fsp3) is 0.432. The lowest BCUT2D eigenvalue weighted by molar-refractivity contribution is -0.00294. The molecule has 1 aliphatic carbocycles. The molecule has 7 heteroatoms. The maximum Gasteiger partial charge on any atom is 0.410 e. The molecule has 2 fully saturated rings. The number of likely N-dealkylation sites (tertiary alicyclic amines) is 1. The maximum absolute atomic E-state index is 12.7. The highest BCUT2D eigenvalue weighted by Crippen LogP contribution is 2.39. The van der Waals surface area contributed by atoms with Crippen molar-refractivity contribution in [3.63, 3.8) is 0 Å². The lowest BCUT2D eigenvalue weighted by Gasteiger charge is -2.33. The van der Waals surface area contributed by atoms with Gasteiger partial charge in [0.05, 0.1) is 18.2 Å². The molecule has 6 atom stereocenters. The van der Waals surface area contributed by atoms with Crippen LogP contribution in [0.15, 0.2) is 109 Å². The van der Waals surface area contributed by atoms with Gasteiger partial charge in [0.2, 0.25) is 0 Å². The Balaban J connectivity index is 0.000000205. The SMILES string of the molecule is C[C@@H]1CC[C@H]([C@H](O)c2cccc(OCc3ccccc3)c2)C1.C[C@@H]1CC[C@H]([C@H](O)c2cccc(OCc3ccccc3)c2)N1C(=O)OC(C)(C)C. The molecule has 0 radical (unpaired) electrons. The number of nitrogens with zero attached hydrogens (tertiary/aromatic N) is 1. The molecule has 4 aromatic carbocycles. The Labute approximate surface area is 304 Å². The second kappa shape index (κ2) is 17.7. The van der Waals surface area contributed by atoms with Crippen LogP contribution >= 0.6 is 0 Å². The van der Waals surface area contributed by atoms with Crippen molar-refractivity contribution >= 4 is 6.09 Å². The molecular weight excluding hydrogens is 638 g/mol. The van der Waals surface area contributed by atoms with Crippen LogP contribution < -0.4 is 9.47 Å². The number of aliphatic hydroxyl groups is 2. The van der Waals surface area contributed by atoms with E-state index in [0.717, 1.165) is 59.6 Å². The summed E-state index contributed by atoms with van der Waals surface area (Å²) in [6, 6.07) is 35.2. The highest BCUT2D eigenvalue weighted by atomic mass is 16.6. The summed E-state index contributed by atoms with van der Waals surface area (Å²) < 4.78 is 17.3. The van der Waals surface area contributed by atoms with Gasteiger partial charge in [-0.3, -0.25) is 4.90 Å². The molecule has 1 heterocycles. The zero-order valence-electron chi connectivity index (χ0n) is 30.8. The Morgan fingerprint density at radius 3 is 1.73 bits per heavy atom. The Kier molecular flexibility index (Phi) is 13.2. The standard InChI is InChI=1S/C24H31NO4.C20H24O2/c1-17-13-14-21(25(17)23(27)29-24(2,3)4)22(26)19-11-8-12-20(15-19)28-16-18-9-6-5-7-10-18;1-15-10-11-18(12-15)20(21)17-8-5-9-19(13-17)22-14-16-6-3-2-4-7-16/h5-12,15,17,21-22,26H,13-14,16H2,1-4H3;2-9,13,15,18,20-21H,10-12,14H2,1H3/t17-,21-,22-;15-,18+,20-/m11/s1. The van der Waals surface area contributed by atoms with E-state index < -0.39 is 11.7 Å². The van der Waals surface area contributed by atoms with Crippen LogP contribution in [0, 0.1) is 11.8 Å². The molecule has 1 saturated heterocycles. The van der Waals surface area contributed by atoms with Crippen molar-refractivity contribution in [2.24, 2.45) is 11.8 Å². The Hall–Kier alpha value is -4.33. The zero-order valence-corrected chi connectivity index (χ0v) is 30.8. The van der Waals surface area contributed by atoms with E-state index in [2.05, 4.69) is 19.1 Å².